The van der Waals surface area contributed by atoms with Crippen molar-refractivity contribution in [2.45, 2.75) is 39.3 Å². The molecule has 0 radical (unpaired) electrons. The summed E-state index contributed by atoms with van der Waals surface area (Å²) in [5.41, 5.74) is 3.39. The summed E-state index contributed by atoms with van der Waals surface area (Å²) in [6, 6.07) is 2.54. The Morgan fingerprint density at radius 1 is 1.43 bits per heavy atom. The molecule has 0 unspecified atom stereocenters. The number of carbonyl (C=O) groups excluding carboxylic acids is 2. The topological polar surface area (TPSA) is 88.5 Å². The number of aryl methyl sites for hydroxylation is 2. The second-order valence-corrected chi connectivity index (χ2v) is 7.23. The summed E-state index contributed by atoms with van der Waals surface area (Å²) < 4.78 is 21.2. The van der Waals surface area contributed by atoms with Crippen molar-refractivity contribution < 1.29 is 18.7 Å². The number of aromatic nitrogens is 2. The highest BCUT2D eigenvalue weighted by atomic mass is 19.1. The van der Waals surface area contributed by atoms with E-state index in [9.17, 15) is 14.0 Å². The van der Waals surface area contributed by atoms with Gasteiger partial charge in [-0.25, -0.2) is 9.18 Å². The fourth-order valence-corrected chi connectivity index (χ4v) is 3.39. The summed E-state index contributed by atoms with van der Waals surface area (Å²) >= 11 is 0. The van der Waals surface area contributed by atoms with Crippen molar-refractivity contribution in [1.29, 1.82) is 0 Å². The third kappa shape index (κ3) is 3.39. The molecule has 1 aromatic carbocycles. The van der Waals surface area contributed by atoms with Gasteiger partial charge in [0.05, 0.1) is 17.9 Å². The molecule has 0 atom stereocenters. The Hall–Kier alpha value is -3.10. The van der Waals surface area contributed by atoms with Gasteiger partial charge in [-0.2, -0.15) is 5.10 Å². The van der Waals surface area contributed by atoms with E-state index in [1.807, 2.05) is 20.9 Å². The van der Waals surface area contributed by atoms with Crippen molar-refractivity contribution in [2.24, 2.45) is 7.05 Å². The number of benzene rings is 1. The summed E-state index contributed by atoms with van der Waals surface area (Å²) in [4.78, 5) is 26.2. The first-order valence-corrected chi connectivity index (χ1v) is 9.16. The van der Waals surface area contributed by atoms with E-state index < -0.39 is 5.82 Å². The number of anilines is 2. The molecule has 1 aromatic heterocycles. The zero-order chi connectivity index (χ0) is 20.0. The van der Waals surface area contributed by atoms with Gasteiger partial charge in [-0.1, -0.05) is 0 Å². The third-order valence-corrected chi connectivity index (χ3v) is 5.15. The van der Waals surface area contributed by atoms with Crippen LogP contribution in [-0.4, -0.2) is 39.3 Å². The van der Waals surface area contributed by atoms with Crippen molar-refractivity contribution in [3.05, 3.63) is 34.9 Å². The quantitative estimate of drug-likeness (QED) is 0.844. The van der Waals surface area contributed by atoms with Crippen molar-refractivity contribution in [1.82, 2.24) is 14.7 Å². The Bertz CT molecular complexity index is 967. The van der Waals surface area contributed by atoms with Gasteiger partial charge in [-0.15, -0.1) is 0 Å². The number of carbonyl (C=O) groups is 2. The molecule has 8 nitrogen and oxygen atoms in total. The van der Waals surface area contributed by atoms with Crippen LogP contribution in [0.3, 0.4) is 0 Å². The standard InChI is InChI=1S/C19H22FN5O3/c1-10-14(11(2)24(3)23-10)8-25(13-4-5-13)19(27)21-12-6-15(20)18-16(7-12)22-17(26)9-28-18/h6-7,13H,4-5,8-9H2,1-3H3,(H,21,27)(H,22,26). The van der Waals surface area contributed by atoms with Gasteiger partial charge in [-0.3, -0.25) is 9.48 Å². The number of nitrogens with one attached hydrogen (secondary N) is 2. The Morgan fingerprint density at radius 3 is 2.82 bits per heavy atom. The number of hydrogen-bond acceptors (Lipinski definition) is 4. The molecule has 0 bridgehead atoms. The lowest BCUT2D eigenvalue weighted by Crippen LogP contribution is -2.36. The van der Waals surface area contributed by atoms with E-state index in [1.165, 1.54) is 12.1 Å². The zero-order valence-corrected chi connectivity index (χ0v) is 16.0. The van der Waals surface area contributed by atoms with Crippen LogP contribution < -0.4 is 15.4 Å². The summed E-state index contributed by atoms with van der Waals surface area (Å²) in [6.07, 6.45) is 1.88. The second-order valence-electron chi connectivity index (χ2n) is 7.23. The highest BCUT2D eigenvalue weighted by molar-refractivity contribution is 5.97. The van der Waals surface area contributed by atoms with Crippen LogP contribution in [0.25, 0.3) is 0 Å². The maximum Gasteiger partial charge on any atom is 0.322 e. The van der Waals surface area contributed by atoms with Crippen LogP contribution in [0.2, 0.25) is 0 Å². The first-order chi connectivity index (χ1) is 13.3. The number of fused-ring (bicyclic) bond motifs is 1. The predicted octanol–water partition coefficient (Wildman–Crippen LogP) is 2.70. The molecule has 0 spiro atoms. The largest absolute Gasteiger partial charge is 0.478 e. The van der Waals surface area contributed by atoms with Crippen molar-refractivity contribution >= 4 is 23.3 Å². The van der Waals surface area contributed by atoms with E-state index in [0.717, 1.165) is 29.8 Å². The third-order valence-electron chi connectivity index (χ3n) is 5.15. The summed E-state index contributed by atoms with van der Waals surface area (Å²) in [6.45, 7) is 4.11. The summed E-state index contributed by atoms with van der Waals surface area (Å²) in [5, 5.41) is 9.71. The van der Waals surface area contributed by atoms with E-state index in [0.29, 0.717) is 6.54 Å². The van der Waals surface area contributed by atoms with E-state index >= 15 is 0 Å². The Balaban J connectivity index is 1.55. The zero-order valence-electron chi connectivity index (χ0n) is 16.0. The molecule has 148 valence electrons. The van der Waals surface area contributed by atoms with Crippen molar-refractivity contribution in [3.8, 4) is 5.75 Å². The van der Waals surface area contributed by atoms with Crippen molar-refractivity contribution in [2.75, 3.05) is 17.2 Å². The normalized spacial score (nSPS) is 15.5. The number of urea groups is 1. The molecule has 1 aliphatic heterocycles. The first kappa shape index (κ1) is 18.3. The lowest BCUT2D eigenvalue weighted by atomic mass is 10.2. The second kappa shape index (κ2) is 6.81. The number of halogens is 1. The van der Waals surface area contributed by atoms with Gasteiger partial charge >= 0.3 is 6.03 Å². The van der Waals surface area contributed by atoms with Gasteiger partial charge in [0.25, 0.3) is 5.91 Å². The molecule has 4 rings (SSSR count). The average Bonchev–Trinajstić information content (AvgIpc) is 3.42. The van der Waals surface area contributed by atoms with Crippen LogP contribution >= 0.6 is 0 Å². The lowest BCUT2D eigenvalue weighted by molar-refractivity contribution is -0.118. The lowest BCUT2D eigenvalue weighted by Gasteiger charge is -2.24. The monoisotopic (exact) mass is 387 g/mol. The summed E-state index contributed by atoms with van der Waals surface area (Å²) in [5.74, 6) is -1.01. The fraction of sp³-hybridized carbons (Fsp3) is 0.421. The van der Waals surface area contributed by atoms with Gasteiger partial charge in [0.1, 0.15) is 0 Å². The number of rotatable bonds is 4. The average molecular weight is 387 g/mol. The molecule has 1 saturated carbocycles. The Labute approximate surface area is 161 Å². The minimum absolute atomic E-state index is 0.0155. The van der Waals surface area contributed by atoms with Crippen LogP contribution in [0.4, 0.5) is 20.6 Å². The molecule has 0 saturated heterocycles. The first-order valence-electron chi connectivity index (χ1n) is 9.16. The van der Waals surface area contributed by atoms with Gasteiger partial charge in [0.15, 0.2) is 18.2 Å². The number of hydrogen-bond donors (Lipinski definition) is 2. The number of ether oxygens (including phenoxy) is 1. The predicted molar refractivity (Wildman–Crippen MR) is 101 cm³/mol. The van der Waals surface area contributed by atoms with Gasteiger partial charge in [0, 0.05) is 36.1 Å². The molecule has 2 aromatic rings. The molecule has 2 aliphatic rings. The van der Waals surface area contributed by atoms with E-state index in [4.69, 9.17) is 4.74 Å². The molecule has 28 heavy (non-hydrogen) atoms. The highest BCUT2D eigenvalue weighted by Gasteiger charge is 2.34. The van der Waals surface area contributed by atoms with E-state index in [2.05, 4.69) is 15.7 Å². The minimum atomic E-state index is -0.635. The molecule has 1 fully saturated rings. The highest BCUT2D eigenvalue weighted by Crippen LogP contribution is 2.35. The van der Waals surface area contributed by atoms with E-state index in [1.54, 1.807) is 9.58 Å². The Morgan fingerprint density at radius 2 is 2.18 bits per heavy atom. The van der Waals surface area contributed by atoms with Gasteiger partial charge < -0.3 is 20.3 Å². The summed E-state index contributed by atoms with van der Waals surface area (Å²) in [7, 11) is 1.87. The maximum absolute atomic E-state index is 14.3. The molecule has 1 aliphatic carbocycles. The van der Waals surface area contributed by atoms with Crippen molar-refractivity contribution in [3.63, 3.8) is 0 Å². The van der Waals surface area contributed by atoms with Crippen LogP contribution in [0.1, 0.15) is 29.8 Å². The van der Waals surface area contributed by atoms with Crippen LogP contribution in [0.5, 0.6) is 5.75 Å². The Kier molecular flexibility index (Phi) is 4.44. The molecule has 2 heterocycles. The maximum atomic E-state index is 14.3. The fourth-order valence-electron chi connectivity index (χ4n) is 3.39. The molecule has 3 amide bonds. The molecule has 9 heteroatoms. The smallest absolute Gasteiger partial charge is 0.322 e. The van der Waals surface area contributed by atoms with Crippen LogP contribution in [-0.2, 0) is 18.4 Å². The number of amides is 3. The number of nitrogens with zero attached hydrogens (tertiary/aromatic N) is 3. The van der Waals surface area contributed by atoms with E-state index in [-0.39, 0.29) is 41.7 Å². The van der Waals surface area contributed by atoms with Gasteiger partial charge in [0.2, 0.25) is 0 Å². The molecular weight excluding hydrogens is 365 g/mol. The molecular formula is C19H22FN5O3. The minimum Gasteiger partial charge on any atom is -0.478 e. The van der Waals surface area contributed by atoms with Gasteiger partial charge in [-0.05, 0) is 32.8 Å². The SMILES string of the molecule is Cc1nn(C)c(C)c1CN(C(=O)Nc1cc(F)c2c(c1)NC(=O)CO2)C1CC1. The molecule has 2 N–H and O–H groups in total. The van der Waals surface area contributed by atoms with Crippen LogP contribution in [0, 0.1) is 19.7 Å². The van der Waals surface area contributed by atoms with Crippen LogP contribution in [0.15, 0.2) is 12.1 Å².